The monoisotopic (exact) mass is 476 g/mol. The molecule has 0 atom stereocenters. The number of anilines is 1. The van der Waals surface area contributed by atoms with Gasteiger partial charge in [0, 0.05) is 19.1 Å². The SMILES string of the molecule is C=Cc1c(/C=C\C)n(C2CCN(c3noc4cccc(C(F)(F)F)c34)CC2)c(=O)n1CC(=O)O. The fourth-order valence-corrected chi connectivity index (χ4v) is 4.54. The predicted octanol–water partition coefficient (Wildman–Crippen LogP) is 4.41. The van der Waals surface area contributed by atoms with Crippen LogP contribution in [0.5, 0.6) is 0 Å². The molecule has 8 nitrogen and oxygen atoms in total. The number of carboxylic acids is 1. The maximum Gasteiger partial charge on any atom is 0.417 e. The molecule has 1 aliphatic heterocycles. The highest BCUT2D eigenvalue weighted by atomic mass is 19.4. The lowest BCUT2D eigenvalue weighted by Crippen LogP contribution is -2.38. The number of imidazole rings is 1. The molecule has 0 saturated carbocycles. The number of aliphatic carboxylic acids is 1. The summed E-state index contributed by atoms with van der Waals surface area (Å²) in [5.41, 5.74) is -0.259. The molecule has 180 valence electrons. The Morgan fingerprint density at radius 2 is 2.00 bits per heavy atom. The molecule has 11 heteroatoms. The Morgan fingerprint density at radius 1 is 1.29 bits per heavy atom. The van der Waals surface area contributed by atoms with E-state index in [1.54, 1.807) is 28.5 Å². The highest BCUT2D eigenvalue weighted by molar-refractivity contribution is 5.92. The van der Waals surface area contributed by atoms with Crippen molar-refractivity contribution in [1.82, 2.24) is 14.3 Å². The predicted molar refractivity (Wildman–Crippen MR) is 121 cm³/mol. The highest BCUT2D eigenvalue weighted by Gasteiger charge is 2.36. The number of nitrogens with zero attached hydrogens (tertiary/aromatic N) is 4. The third-order valence-corrected chi connectivity index (χ3v) is 5.98. The number of fused-ring (bicyclic) bond motifs is 1. The number of carbonyl (C=O) groups is 1. The van der Waals surface area contributed by atoms with Gasteiger partial charge in [-0.15, -0.1) is 0 Å². The van der Waals surface area contributed by atoms with Crippen molar-refractivity contribution in [2.75, 3.05) is 18.0 Å². The number of aromatic nitrogens is 3. The summed E-state index contributed by atoms with van der Waals surface area (Å²) in [5, 5.41) is 13.1. The first-order chi connectivity index (χ1) is 16.2. The molecule has 1 N–H and O–H groups in total. The number of hydrogen-bond donors (Lipinski definition) is 1. The van der Waals surface area contributed by atoms with Gasteiger partial charge in [0.25, 0.3) is 0 Å². The van der Waals surface area contributed by atoms with Gasteiger partial charge in [-0.05, 0) is 44.1 Å². The molecule has 0 radical (unpaired) electrons. The average molecular weight is 476 g/mol. The molecule has 2 aromatic heterocycles. The number of piperidine rings is 1. The van der Waals surface area contributed by atoms with Crippen molar-refractivity contribution in [3.05, 3.63) is 58.3 Å². The van der Waals surface area contributed by atoms with Crippen LogP contribution in [0.1, 0.15) is 42.8 Å². The van der Waals surface area contributed by atoms with Crippen molar-refractivity contribution in [2.45, 2.75) is 38.5 Å². The molecule has 3 heterocycles. The minimum Gasteiger partial charge on any atom is -0.480 e. The first-order valence-electron chi connectivity index (χ1n) is 10.7. The van der Waals surface area contributed by atoms with Crippen molar-refractivity contribution in [2.24, 2.45) is 0 Å². The molecule has 1 saturated heterocycles. The number of rotatable bonds is 6. The van der Waals surface area contributed by atoms with Gasteiger partial charge in [0.1, 0.15) is 6.54 Å². The van der Waals surface area contributed by atoms with Crippen LogP contribution in [0.4, 0.5) is 19.0 Å². The largest absolute Gasteiger partial charge is 0.480 e. The normalized spacial score (nSPS) is 15.5. The van der Waals surface area contributed by atoms with Gasteiger partial charge in [-0.3, -0.25) is 13.9 Å². The van der Waals surface area contributed by atoms with Crippen LogP contribution in [0.2, 0.25) is 0 Å². The zero-order valence-electron chi connectivity index (χ0n) is 18.4. The van der Waals surface area contributed by atoms with E-state index in [1.807, 2.05) is 0 Å². The fourth-order valence-electron chi connectivity index (χ4n) is 4.54. The van der Waals surface area contributed by atoms with Crippen molar-refractivity contribution in [3.8, 4) is 0 Å². The topological polar surface area (TPSA) is 93.5 Å². The molecule has 3 aromatic rings. The van der Waals surface area contributed by atoms with Crippen molar-refractivity contribution >= 4 is 34.9 Å². The zero-order chi connectivity index (χ0) is 24.6. The maximum atomic E-state index is 13.6. The summed E-state index contributed by atoms with van der Waals surface area (Å²) in [6.45, 7) is 5.69. The van der Waals surface area contributed by atoms with E-state index in [1.165, 1.54) is 18.2 Å². The highest BCUT2D eigenvalue weighted by Crippen LogP contribution is 2.40. The second-order valence-corrected chi connectivity index (χ2v) is 8.01. The van der Waals surface area contributed by atoms with Crippen LogP contribution in [0, 0.1) is 0 Å². The van der Waals surface area contributed by atoms with E-state index < -0.39 is 29.9 Å². The van der Waals surface area contributed by atoms with Crippen molar-refractivity contribution in [1.29, 1.82) is 0 Å². The first kappa shape index (κ1) is 23.4. The van der Waals surface area contributed by atoms with Gasteiger partial charge < -0.3 is 14.5 Å². The van der Waals surface area contributed by atoms with Crippen LogP contribution >= 0.6 is 0 Å². The Hall–Kier alpha value is -3.76. The maximum absolute atomic E-state index is 13.6. The molecule has 4 rings (SSSR count). The minimum atomic E-state index is -4.55. The van der Waals surface area contributed by atoms with Crippen molar-refractivity contribution in [3.63, 3.8) is 0 Å². The van der Waals surface area contributed by atoms with Gasteiger partial charge in [0.15, 0.2) is 11.4 Å². The second kappa shape index (κ2) is 8.88. The van der Waals surface area contributed by atoms with Gasteiger partial charge >= 0.3 is 17.8 Å². The molecule has 1 aromatic carbocycles. The van der Waals surface area contributed by atoms with E-state index in [-0.39, 0.29) is 22.8 Å². The van der Waals surface area contributed by atoms with Crippen LogP contribution in [0.3, 0.4) is 0 Å². The summed E-state index contributed by atoms with van der Waals surface area (Å²) in [7, 11) is 0. The van der Waals surface area contributed by atoms with E-state index in [2.05, 4.69) is 11.7 Å². The number of benzene rings is 1. The number of alkyl halides is 3. The van der Waals surface area contributed by atoms with Crippen molar-refractivity contribution < 1.29 is 27.6 Å². The van der Waals surface area contributed by atoms with E-state index in [9.17, 15) is 27.9 Å². The van der Waals surface area contributed by atoms with Gasteiger partial charge in [0.05, 0.1) is 22.3 Å². The lowest BCUT2D eigenvalue weighted by Gasteiger charge is -2.33. The molecule has 1 aliphatic rings. The Balaban J connectivity index is 1.67. The molecule has 0 bridgehead atoms. The number of allylic oxidation sites excluding steroid dienone is 1. The molecule has 0 spiro atoms. The lowest BCUT2D eigenvalue weighted by atomic mass is 10.0. The Bertz CT molecular complexity index is 1320. The Kier molecular flexibility index (Phi) is 6.11. The number of halogens is 3. The quantitative estimate of drug-likeness (QED) is 0.567. The molecular weight excluding hydrogens is 453 g/mol. The summed E-state index contributed by atoms with van der Waals surface area (Å²) >= 11 is 0. The summed E-state index contributed by atoms with van der Waals surface area (Å²) in [6.07, 6.45) is 1.26. The third-order valence-electron chi connectivity index (χ3n) is 5.98. The summed E-state index contributed by atoms with van der Waals surface area (Å²) < 4.78 is 48.6. The molecule has 0 unspecified atom stereocenters. The molecule has 1 fully saturated rings. The Labute approximate surface area is 192 Å². The fraction of sp³-hybridized carbons (Fsp3) is 0.348. The minimum absolute atomic E-state index is 0.0555. The number of carboxylic acid groups (broad SMARTS) is 1. The molecular formula is C23H23F3N4O4. The molecule has 0 aliphatic carbocycles. The smallest absolute Gasteiger partial charge is 0.417 e. The second-order valence-electron chi connectivity index (χ2n) is 8.01. The zero-order valence-corrected chi connectivity index (χ0v) is 18.4. The Morgan fingerprint density at radius 3 is 2.59 bits per heavy atom. The van der Waals surface area contributed by atoms with Gasteiger partial charge in [-0.1, -0.05) is 23.9 Å². The number of hydrogen-bond acceptors (Lipinski definition) is 5. The van der Waals surface area contributed by atoms with Gasteiger partial charge in [-0.25, -0.2) is 4.79 Å². The first-order valence-corrected chi connectivity index (χ1v) is 10.7. The summed E-state index contributed by atoms with van der Waals surface area (Å²) in [5.74, 6) is -1.03. The summed E-state index contributed by atoms with van der Waals surface area (Å²) in [6, 6.07) is 3.45. The van der Waals surface area contributed by atoms with E-state index in [0.717, 1.165) is 10.6 Å². The van der Waals surface area contributed by atoms with E-state index >= 15 is 0 Å². The summed E-state index contributed by atoms with van der Waals surface area (Å²) in [4.78, 5) is 26.2. The van der Waals surface area contributed by atoms with Crippen LogP contribution < -0.4 is 10.6 Å². The van der Waals surface area contributed by atoms with Gasteiger partial charge in [-0.2, -0.15) is 13.2 Å². The molecule has 0 amide bonds. The van der Waals surface area contributed by atoms with E-state index in [0.29, 0.717) is 37.3 Å². The van der Waals surface area contributed by atoms with Crippen LogP contribution in [-0.4, -0.2) is 38.5 Å². The average Bonchev–Trinajstić information content (AvgIpc) is 3.32. The van der Waals surface area contributed by atoms with Crippen LogP contribution in [-0.2, 0) is 17.5 Å². The van der Waals surface area contributed by atoms with Crippen LogP contribution in [0.15, 0.2) is 40.2 Å². The standard InChI is InChI=1S/C23H23F3N4O4/c1-3-6-17-16(4-2)29(13-19(31)32)22(33)30(17)14-9-11-28(12-10-14)21-20-15(23(24,25)26)7-5-8-18(20)34-27-21/h3-8,14H,2,9-13H2,1H3,(H,31,32)/b6-3-. The van der Waals surface area contributed by atoms with Gasteiger partial charge in [0.2, 0.25) is 0 Å². The lowest BCUT2D eigenvalue weighted by molar-refractivity contribution is -0.138. The molecule has 34 heavy (non-hydrogen) atoms. The van der Waals surface area contributed by atoms with Crippen LogP contribution in [0.25, 0.3) is 23.1 Å². The third kappa shape index (κ3) is 4.02. The van der Waals surface area contributed by atoms with E-state index in [4.69, 9.17) is 4.52 Å².